The van der Waals surface area contributed by atoms with Gasteiger partial charge in [-0.2, -0.15) is 5.10 Å². The van der Waals surface area contributed by atoms with E-state index in [2.05, 4.69) is 10.4 Å². The number of aryl methyl sites for hydroxylation is 1. The van der Waals surface area contributed by atoms with E-state index in [9.17, 15) is 13.2 Å². The predicted molar refractivity (Wildman–Crippen MR) is 128 cm³/mol. The van der Waals surface area contributed by atoms with E-state index in [4.69, 9.17) is 4.98 Å². The molecule has 2 aliphatic rings. The molecule has 0 bridgehead atoms. The van der Waals surface area contributed by atoms with Crippen LogP contribution in [0.4, 0.5) is 5.69 Å². The molecule has 1 aliphatic carbocycles. The lowest BCUT2D eigenvalue weighted by atomic mass is 10.1. The van der Waals surface area contributed by atoms with E-state index in [1.165, 1.54) is 0 Å². The van der Waals surface area contributed by atoms with E-state index in [0.717, 1.165) is 35.0 Å². The molecule has 6 rings (SSSR count). The van der Waals surface area contributed by atoms with Gasteiger partial charge in [0.05, 0.1) is 34.2 Å². The maximum Gasteiger partial charge on any atom is 0.256 e. The molecule has 1 atom stereocenters. The molecule has 7 nitrogen and oxygen atoms in total. The number of fused-ring (bicyclic) bond motifs is 2. The summed E-state index contributed by atoms with van der Waals surface area (Å²) in [4.78, 5) is 18.3. The number of hydrogen-bond acceptors (Lipinski definition) is 5. The Morgan fingerprint density at radius 2 is 1.85 bits per heavy atom. The third kappa shape index (κ3) is 3.68. The molecule has 0 radical (unpaired) electrons. The molecule has 33 heavy (non-hydrogen) atoms. The molecule has 2 aromatic carbocycles. The van der Waals surface area contributed by atoms with Crippen molar-refractivity contribution in [3.63, 3.8) is 0 Å². The predicted octanol–water partition coefficient (Wildman–Crippen LogP) is 4.38. The summed E-state index contributed by atoms with van der Waals surface area (Å²) in [7, 11) is -3.07. The summed E-state index contributed by atoms with van der Waals surface area (Å²) in [6.07, 6.45) is 2.62. The van der Waals surface area contributed by atoms with Crippen molar-refractivity contribution in [1.82, 2.24) is 14.8 Å². The normalized spacial score (nSPS) is 19.8. The van der Waals surface area contributed by atoms with Crippen LogP contribution >= 0.6 is 0 Å². The maximum absolute atomic E-state index is 13.5. The highest BCUT2D eigenvalue weighted by Crippen LogP contribution is 2.41. The first kappa shape index (κ1) is 20.4. The number of rotatable bonds is 4. The summed E-state index contributed by atoms with van der Waals surface area (Å²) in [5.41, 5.74) is 3.45. The quantitative estimate of drug-likeness (QED) is 0.488. The van der Waals surface area contributed by atoms with Crippen molar-refractivity contribution in [2.24, 2.45) is 0 Å². The largest absolute Gasteiger partial charge is 0.322 e. The number of anilines is 1. The average molecular weight is 461 g/mol. The Kier molecular flexibility index (Phi) is 4.55. The van der Waals surface area contributed by atoms with Gasteiger partial charge in [0.2, 0.25) is 0 Å². The molecule has 168 valence electrons. The molecular formula is C25H24N4O3S. The van der Waals surface area contributed by atoms with Crippen LogP contribution in [0.3, 0.4) is 0 Å². The second kappa shape index (κ2) is 7.38. The second-order valence-electron chi connectivity index (χ2n) is 9.17. The minimum Gasteiger partial charge on any atom is -0.322 e. The molecule has 2 fully saturated rings. The van der Waals surface area contributed by atoms with Crippen molar-refractivity contribution in [2.45, 2.75) is 38.1 Å². The highest BCUT2D eigenvalue weighted by Gasteiger charge is 2.34. The van der Waals surface area contributed by atoms with Crippen LogP contribution in [0.2, 0.25) is 0 Å². The van der Waals surface area contributed by atoms with Crippen LogP contribution in [-0.2, 0) is 9.84 Å². The number of pyridine rings is 1. The van der Waals surface area contributed by atoms with E-state index in [1.807, 2.05) is 55.5 Å². The lowest BCUT2D eigenvalue weighted by Gasteiger charge is -2.12. The summed E-state index contributed by atoms with van der Waals surface area (Å²) in [5.74, 6) is 0.367. The fraction of sp³-hybridized carbons (Fsp3) is 0.320. The van der Waals surface area contributed by atoms with Crippen LogP contribution in [-0.4, -0.2) is 40.6 Å². The Morgan fingerprint density at radius 1 is 1.06 bits per heavy atom. The minimum absolute atomic E-state index is 0.0666. The van der Waals surface area contributed by atoms with Gasteiger partial charge >= 0.3 is 0 Å². The number of amides is 1. The first-order valence-electron chi connectivity index (χ1n) is 11.3. The fourth-order valence-electron chi connectivity index (χ4n) is 4.79. The van der Waals surface area contributed by atoms with E-state index in [1.54, 1.807) is 4.68 Å². The third-order valence-electron chi connectivity index (χ3n) is 6.66. The molecule has 1 aliphatic heterocycles. The summed E-state index contributed by atoms with van der Waals surface area (Å²) in [6.45, 7) is 1.85. The highest BCUT2D eigenvalue weighted by molar-refractivity contribution is 7.91. The van der Waals surface area contributed by atoms with Crippen LogP contribution in [0, 0.1) is 6.92 Å². The first-order chi connectivity index (χ1) is 15.9. The van der Waals surface area contributed by atoms with Gasteiger partial charge in [0.1, 0.15) is 0 Å². The SMILES string of the molecule is Cc1nn([C@@H]2CCS(=O)(=O)C2)c2nc(C3CC3)cc(C(=O)Nc3ccc4ccccc4c3)c12. The molecule has 1 saturated carbocycles. The molecule has 1 N–H and O–H groups in total. The summed E-state index contributed by atoms with van der Waals surface area (Å²) >= 11 is 0. The molecular weight excluding hydrogens is 436 g/mol. The van der Waals surface area contributed by atoms with Gasteiger partial charge in [-0.1, -0.05) is 30.3 Å². The van der Waals surface area contributed by atoms with Crippen LogP contribution in [0.25, 0.3) is 21.8 Å². The molecule has 8 heteroatoms. The van der Waals surface area contributed by atoms with Gasteiger partial charge in [-0.05, 0) is 55.2 Å². The third-order valence-corrected chi connectivity index (χ3v) is 8.41. The fourth-order valence-corrected chi connectivity index (χ4v) is 6.48. The number of nitrogens with zero attached hydrogens (tertiary/aromatic N) is 3. The zero-order valence-electron chi connectivity index (χ0n) is 18.3. The van der Waals surface area contributed by atoms with Crippen LogP contribution in [0.5, 0.6) is 0 Å². The van der Waals surface area contributed by atoms with Gasteiger partial charge in [-0.15, -0.1) is 0 Å². The zero-order chi connectivity index (χ0) is 22.7. The number of nitrogens with one attached hydrogen (secondary N) is 1. The van der Waals surface area contributed by atoms with Gasteiger partial charge in [0.15, 0.2) is 15.5 Å². The van der Waals surface area contributed by atoms with Crippen molar-refractivity contribution < 1.29 is 13.2 Å². The Bertz CT molecular complexity index is 1540. The zero-order valence-corrected chi connectivity index (χ0v) is 19.1. The van der Waals surface area contributed by atoms with Crippen LogP contribution < -0.4 is 5.32 Å². The number of hydrogen-bond donors (Lipinski definition) is 1. The summed E-state index contributed by atoms with van der Waals surface area (Å²) in [5, 5.41) is 10.6. The Morgan fingerprint density at radius 3 is 2.58 bits per heavy atom. The highest BCUT2D eigenvalue weighted by atomic mass is 32.2. The lowest BCUT2D eigenvalue weighted by molar-refractivity contribution is 0.102. The monoisotopic (exact) mass is 460 g/mol. The molecule has 1 saturated heterocycles. The average Bonchev–Trinajstić information content (AvgIpc) is 3.51. The lowest BCUT2D eigenvalue weighted by Crippen LogP contribution is -2.15. The van der Waals surface area contributed by atoms with Gasteiger partial charge < -0.3 is 5.32 Å². The molecule has 1 amide bonds. The molecule has 4 aromatic rings. The minimum atomic E-state index is -3.07. The number of sulfone groups is 1. The molecule has 2 aromatic heterocycles. The van der Waals surface area contributed by atoms with Crippen molar-refractivity contribution in [3.8, 4) is 0 Å². The van der Waals surface area contributed by atoms with Crippen molar-refractivity contribution in [2.75, 3.05) is 16.8 Å². The van der Waals surface area contributed by atoms with Crippen molar-refractivity contribution in [3.05, 3.63) is 65.5 Å². The number of carbonyl (C=O) groups is 1. The van der Waals surface area contributed by atoms with E-state index >= 15 is 0 Å². The van der Waals surface area contributed by atoms with E-state index < -0.39 is 9.84 Å². The van der Waals surface area contributed by atoms with Crippen molar-refractivity contribution in [1.29, 1.82) is 0 Å². The van der Waals surface area contributed by atoms with Gasteiger partial charge in [-0.3, -0.25) is 4.79 Å². The van der Waals surface area contributed by atoms with Crippen LogP contribution in [0.15, 0.2) is 48.5 Å². The second-order valence-corrected chi connectivity index (χ2v) is 11.4. The topological polar surface area (TPSA) is 93.9 Å². The molecule has 0 spiro atoms. The van der Waals surface area contributed by atoms with Crippen LogP contribution in [0.1, 0.15) is 53.0 Å². The molecule has 0 unspecified atom stereocenters. The van der Waals surface area contributed by atoms with E-state index in [-0.39, 0.29) is 23.5 Å². The molecule has 3 heterocycles. The standard InChI is InChI=1S/C25H24N4O3S/c1-15-23-21(25(30)26-19-9-8-16-4-2-3-5-18(16)12-19)13-22(17-6-7-17)27-24(23)29(28-15)20-10-11-33(31,32)14-20/h2-5,8-9,12-13,17,20H,6-7,10-11,14H2,1H3,(H,26,30)/t20-/m1/s1. The number of benzene rings is 2. The van der Waals surface area contributed by atoms with Gasteiger partial charge in [0, 0.05) is 17.3 Å². The smallest absolute Gasteiger partial charge is 0.256 e. The Labute approximate surface area is 191 Å². The summed E-state index contributed by atoms with van der Waals surface area (Å²) < 4.78 is 25.9. The maximum atomic E-state index is 13.5. The first-order valence-corrected chi connectivity index (χ1v) is 13.1. The summed E-state index contributed by atoms with van der Waals surface area (Å²) in [6, 6.07) is 15.5. The Balaban J connectivity index is 1.43. The van der Waals surface area contributed by atoms with Gasteiger partial charge in [0.25, 0.3) is 5.91 Å². The Hall–Kier alpha value is -3.26. The van der Waals surface area contributed by atoms with E-state index in [0.29, 0.717) is 34.6 Å². The van der Waals surface area contributed by atoms with Crippen molar-refractivity contribution >= 4 is 43.2 Å². The number of aromatic nitrogens is 3. The van der Waals surface area contributed by atoms with Gasteiger partial charge in [-0.25, -0.2) is 18.1 Å². The number of carbonyl (C=O) groups excluding carboxylic acids is 1.